The molecule has 3 aliphatic heterocycles. The summed E-state index contributed by atoms with van der Waals surface area (Å²) in [5.41, 5.74) is 3.05. The number of likely N-dealkylation sites (tertiary alicyclic amines) is 1. The van der Waals surface area contributed by atoms with E-state index in [0.29, 0.717) is 86.0 Å². The molecule has 2 saturated heterocycles. The first kappa shape index (κ1) is 53.1. The number of allylic oxidation sites excluding steroid dienone is 1. The fourth-order valence-electron chi connectivity index (χ4n) is 8.51. The van der Waals surface area contributed by atoms with Gasteiger partial charge in [0.05, 0.1) is 54.4 Å². The average molecular weight is 917 g/mol. The molecular formula is C51H72N4O11. The van der Waals surface area contributed by atoms with Crippen LogP contribution in [0.1, 0.15) is 148 Å². The van der Waals surface area contributed by atoms with Crippen molar-refractivity contribution in [2.24, 2.45) is 0 Å². The highest BCUT2D eigenvalue weighted by Crippen LogP contribution is 2.38. The van der Waals surface area contributed by atoms with E-state index in [-0.39, 0.29) is 55.0 Å². The number of ketones is 2. The quantitative estimate of drug-likeness (QED) is 0.0759. The summed E-state index contributed by atoms with van der Waals surface area (Å²) in [6.45, 7) is 16.2. The van der Waals surface area contributed by atoms with E-state index in [9.17, 15) is 39.0 Å². The maximum Gasteiger partial charge on any atom is 0.411 e. The summed E-state index contributed by atoms with van der Waals surface area (Å²) in [5.74, 6) is 0.916. The molecular weight excluding hydrogens is 845 g/mol. The molecule has 0 spiro atoms. The zero-order valence-corrected chi connectivity index (χ0v) is 39.6. The Morgan fingerprint density at radius 2 is 1.41 bits per heavy atom. The minimum Gasteiger partial charge on any atom is -0.493 e. The van der Waals surface area contributed by atoms with E-state index in [2.05, 4.69) is 18.5 Å². The number of ether oxygens (including phenoxy) is 3. The molecule has 2 fully saturated rings. The predicted octanol–water partition coefficient (Wildman–Crippen LogP) is 8.39. The number of carbonyl (C=O) groups excluding carboxylic acids is 6. The van der Waals surface area contributed by atoms with Gasteiger partial charge in [-0.1, -0.05) is 18.7 Å². The van der Waals surface area contributed by atoms with Crippen molar-refractivity contribution < 1.29 is 53.2 Å². The van der Waals surface area contributed by atoms with Crippen LogP contribution >= 0.6 is 0 Å². The van der Waals surface area contributed by atoms with Crippen molar-refractivity contribution in [2.45, 2.75) is 149 Å². The first-order valence-electron chi connectivity index (χ1n) is 23.6. The van der Waals surface area contributed by atoms with Crippen LogP contribution < -0.4 is 19.7 Å². The summed E-state index contributed by atoms with van der Waals surface area (Å²) in [5, 5.41) is 23.7. The van der Waals surface area contributed by atoms with E-state index in [4.69, 9.17) is 14.2 Å². The molecule has 15 nitrogen and oxygen atoms in total. The number of benzene rings is 2. The van der Waals surface area contributed by atoms with Crippen LogP contribution in [-0.4, -0.2) is 113 Å². The van der Waals surface area contributed by atoms with Gasteiger partial charge in [0.15, 0.2) is 6.23 Å². The molecule has 3 heterocycles. The Labute approximate surface area is 390 Å². The van der Waals surface area contributed by atoms with Gasteiger partial charge in [0.25, 0.3) is 11.8 Å². The maximum atomic E-state index is 13.4. The molecule has 3 atom stereocenters. The van der Waals surface area contributed by atoms with Crippen LogP contribution in [0.2, 0.25) is 0 Å². The first-order valence-corrected chi connectivity index (χ1v) is 23.6. The second-order valence-electron chi connectivity index (χ2n) is 17.4. The van der Waals surface area contributed by atoms with E-state index in [1.807, 2.05) is 13.8 Å². The molecule has 0 saturated carbocycles. The fraction of sp³-hybridized carbons (Fsp3) is 0.569. The normalized spacial score (nSPS) is 17.8. The Bertz CT molecular complexity index is 2020. The zero-order chi connectivity index (χ0) is 48.2. The number of unbranched alkanes of at least 4 members (excludes halogenated alkanes) is 4. The second kappa shape index (κ2) is 27.2. The van der Waals surface area contributed by atoms with Crippen LogP contribution in [0.3, 0.4) is 0 Å². The molecule has 3 aliphatic rings. The highest BCUT2D eigenvalue weighted by atomic mass is 16.5. The minimum atomic E-state index is -1.10. The molecule has 0 aliphatic carbocycles. The standard InChI is InChI=1S/C26H36N2O5.C25H36N2O6/c1-4-5-13-24(30)28-22-17-23(33-15-10-6-7-11-19(3)29)18(2)16-20(22)25(31)27-14-9-8-12-21(27)26(28)32;1-4-13-33-25(31)26-22-16-23(32-14-9-5-6-10-19(3)29)18(2)15-21(22)24(30)27-12-8-7-11-20(27)17-28/h4,16-17,21,26,32H,1,5-15H2,2-3H3;4,15-16,20,28H,1,5-14,17H2,2-3H3,(H,26,31)/t21-,26?;20-/m00/s1. The van der Waals surface area contributed by atoms with Gasteiger partial charge in [0, 0.05) is 44.5 Å². The number of amides is 4. The van der Waals surface area contributed by atoms with Gasteiger partial charge in [-0.15, -0.1) is 6.58 Å². The number of fused-ring (bicyclic) bond motifs is 2. The molecule has 2 aromatic rings. The van der Waals surface area contributed by atoms with Crippen molar-refractivity contribution in [1.82, 2.24) is 9.80 Å². The van der Waals surface area contributed by atoms with Gasteiger partial charge < -0.3 is 43.8 Å². The van der Waals surface area contributed by atoms with E-state index in [1.165, 1.54) is 11.0 Å². The monoisotopic (exact) mass is 917 g/mol. The van der Waals surface area contributed by atoms with E-state index >= 15 is 0 Å². The third-order valence-electron chi connectivity index (χ3n) is 12.1. The Hall–Kier alpha value is -5.54. The van der Waals surface area contributed by atoms with Crippen molar-refractivity contribution >= 4 is 46.8 Å². The van der Waals surface area contributed by atoms with E-state index < -0.39 is 18.4 Å². The summed E-state index contributed by atoms with van der Waals surface area (Å²) in [4.78, 5) is 79.1. The van der Waals surface area contributed by atoms with Crippen molar-refractivity contribution in [3.63, 3.8) is 0 Å². The molecule has 3 N–H and O–H groups in total. The number of hydrogen-bond acceptors (Lipinski definition) is 11. The highest BCUT2D eigenvalue weighted by molar-refractivity contribution is 6.07. The molecule has 362 valence electrons. The van der Waals surface area contributed by atoms with Gasteiger partial charge >= 0.3 is 6.09 Å². The lowest BCUT2D eigenvalue weighted by atomic mass is 10.00. The average Bonchev–Trinajstić information content (AvgIpc) is 3.38. The molecule has 1 unspecified atom stereocenters. The summed E-state index contributed by atoms with van der Waals surface area (Å²) in [6.07, 6.45) is 13.3. The maximum absolute atomic E-state index is 13.4. The van der Waals surface area contributed by atoms with Crippen LogP contribution in [-0.2, 0) is 19.1 Å². The molecule has 0 bridgehead atoms. The number of anilines is 2. The third kappa shape index (κ3) is 15.3. The number of Topliss-reactive ketones (excluding diaryl/α,β-unsaturated/α-hetero) is 2. The van der Waals surface area contributed by atoms with Gasteiger partial charge in [-0.25, -0.2) is 4.79 Å². The zero-order valence-electron chi connectivity index (χ0n) is 39.6. The number of nitrogens with one attached hydrogen (secondary N) is 1. The Morgan fingerprint density at radius 1 is 0.788 bits per heavy atom. The number of carbonyl (C=O) groups is 6. The Morgan fingerprint density at radius 3 is 2.03 bits per heavy atom. The van der Waals surface area contributed by atoms with Crippen LogP contribution in [0.15, 0.2) is 49.6 Å². The number of nitrogens with zero attached hydrogens (tertiary/aromatic N) is 3. The largest absolute Gasteiger partial charge is 0.493 e. The van der Waals surface area contributed by atoms with E-state index in [0.717, 1.165) is 81.8 Å². The second-order valence-corrected chi connectivity index (χ2v) is 17.4. The van der Waals surface area contributed by atoms with Crippen LogP contribution in [0.5, 0.6) is 11.5 Å². The molecule has 0 radical (unpaired) electrons. The molecule has 15 heteroatoms. The van der Waals surface area contributed by atoms with Gasteiger partial charge in [0.2, 0.25) is 5.91 Å². The smallest absolute Gasteiger partial charge is 0.411 e. The summed E-state index contributed by atoms with van der Waals surface area (Å²) < 4.78 is 16.9. The number of hydrogen-bond donors (Lipinski definition) is 3. The number of aliphatic hydroxyl groups excluding tert-OH is 2. The molecule has 66 heavy (non-hydrogen) atoms. The first-order chi connectivity index (χ1) is 31.7. The van der Waals surface area contributed by atoms with E-state index in [1.54, 1.807) is 54.0 Å². The number of aliphatic hydroxyl groups is 2. The number of aryl methyl sites for hydroxylation is 2. The SMILES string of the molecule is C=CCCC(=O)N1c2cc(OCCCCCC(C)=O)c(C)cc2C(=O)N2CCCC[C@H]2C1O.C=CCOC(=O)Nc1cc(OCCCCCC(C)=O)c(C)cc1C(=O)N1CCCC[C@H]1CO. The topological polar surface area (TPSA) is 192 Å². The molecule has 5 rings (SSSR count). The van der Waals surface area contributed by atoms with Gasteiger partial charge in [-0.05, 0) is 134 Å². The number of piperidine rings is 2. The van der Waals surface area contributed by atoms with Gasteiger partial charge in [-0.2, -0.15) is 0 Å². The predicted molar refractivity (Wildman–Crippen MR) is 254 cm³/mol. The molecule has 2 aromatic carbocycles. The lowest BCUT2D eigenvalue weighted by Crippen LogP contribution is -2.54. The molecule has 0 aromatic heterocycles. The summed E-state index contributed by atoms with van der Waals surface area (Å²) in [7, 11) is 0. The molecule has 4 amide bonds. The summed E-state index contributed by atoms with van der Waals surface area (Å²) in [6, 6.07) is 6.20. The van der Waals surface area contributed by atoms with Gasteiger partial charge in [0.1, 0.15) is 29.7 Å². The highest BCUT2D eigenvalue weighted by Gasteiger charge is 2.43. The Kier molecular flexibility index (Phi) is 21.9. The third-order valence-corrected chi connectivity index (χ3v) is 12.1. The van der Waals surface area contributed by atoms with Crippen molar-refractivity contribution in [1.29, 1.82) is 0 Å². The lowest BCUT2D eigenvalue weighted by molar-refractivity contribution is -0.121. The Balaban J connectivity index is 0.000000289. The van der Waals surface area contributed by atoms with Crippen molar-refractivity contribution in [3.05, 3.63) is 71.8 Å². The van der Waals surface area contributed by atoms with Crippen LogP contribution in [0, 0.1) is 13.8 Å². The summed E-state index contributed by atoms with van der Waals surface area (Å²) >= 11 is 0. The minimum absolute atomic E-state index is 0.0449. The van der Waals surface area contributed by atoms with Crippen molar-refractivity contribution in [2.75, 3.05) is 49.7 Å². The van der Waals surface area contributed by atoms with Crippen molar-refractivity contribution in [3.8, 4) is 11.5 Å². The van der Waals surface area contributed by atoms with Gasteiger partial charge in [-0.3, -0.25) is 24.6 Å². The fourth-order valence-corrected chi connectivity index (χ4v) is 8.51. The van der Waals surface area contributed by atoms with Crippen LogP contribution in [0.4, 0.5) is 16.2 Å². The number of rotatable bonds is 22. The van der Waals surface area contributed by atoms with Crippen LogP contribution in [0.25, 0.3) is 0 Å². The lowest BCUT2D eigenvalue weighted by Gasteiger charge is -2.39.